The number of aliphatic hydroxyl groups is 1. The topological polar surface area (TPSA) is 102 Å². The van der Waals surface area contributed by atoms with Crippen molar-refractivity contribution in [2.75, 3.05) is 19.8 Å². The lowest BCUT2D eigenvalue weighted by atomic mass is 9.90. The molecule has 0 radical (unpaired) electrons. The van der Waals surface area contributed by atoms with Crippen LogP contribution in [0.15, 0.2) is 24.3 Å². The summed E-state index contributed by atoms with van der Waals surface area (Å²) in [5.41, 5.74) is 5.29. The van der Waals surface area contributed by atoms with Crippen molar-refractivity contribution >= 4 is 11.8 Å². The number of carbonyl (C=O) groups excluding carboxylic acids is 2. The number of hydrogen-bond acceptors (Lipinski definition) is 4. The van der Waals surface area contributed by atoms with E-state index in [1.54, 1.807) is 12.1 Å². The van der Waals surface area contributed by atoms with E-state index >= 15 is 0 Å². The minimum absolute atomic E-state index is 0.124. The molecule has 1 aromatic rings. The third kappa shape index (κ3) is 3.15. The van der Waals surface area contributed by atoms with Crippen molar-refractivity contribution in [1.82, 2.24) is 5.32 Å². The summed E-state index contributed by atoms with van der Waals surface area (Å²) in [7, 11) is 0. The molecule has 0 atom stereocenters. The van der Waals surface area contributed by atoms with Crippen LogP contribution in [0.1, 0.15) is 33.6 Å². The third-order valence-corrected chi connectivity index (χ3v) is 3.56. The molecule has 0 aliphatic carbocycles. The highest BCUT2D eigenvalue weighted by molar-refractivity contribution is 5.97. The van der Waals surface area contributed by atoms with E-state index in [4.69, 9.17) is 10.5 Å². The molecule has 0 saturated carbocycles. The summed E-state index contributed by atoms with van der Waals surface area (Å²) in [5, 5.41) is 12.4. The van der Waals surface area contributed by atoms with Crippen molar-refractivity contribution < 1.29 is 19.4 Å². The number of nitrogens with two attached hydrogens (primary N) is 1. The van der Waals surface area contributed by atoms with Gasteiger partial charge in [0.25, 0.3) is 5.91 Å². The molecule has 6 heteroatoms. The summed E-state index contributed by atoms with van der Waals surface area (Å²) in [6.07, 6.45) is 1.16. The molecule has 0 bridgehead atoms. The SMILES string of the molecule is NC(=O)c1ccc(C(=O)NC2(CO)CCOCC2)cc1. The lowest BCUT2D eigenvalue weighted by Crippen LogP contribution is -2.54. The van der Waals surface area contributed by atoms with Gasteiger partial charge in [0.1, 0.15) is 0 Å². The van der Waals surface area contributed by atoms with Crippen molar-refractivity contribution in [3.8, 4) is 0 Å². The van der Waals surface area contributed by atoms with Gasteiger partial charge in [0.05, 0.1) is 12.1 Å². The van der Waals surface area contributed by atoms with Crippen LogP contribution in [-0.2, 0) is 4.74 Å². The lowest BCUT2D eigenvalue weighted by Gasteiger charge is -2.36. The summed E-state index contributed by atoms with van der Waals surface area (Å²) in [4.78, 5) is 23.1. The number of amides is 2. The first kappa shape index (κ1) is 14.5. The van der Waals surface area contributed by atoms with E-state index in [0.29, 0.717) is 37.2 Å². The van der Waals surface area contributed by atoms with Crippen molar-refractivity contribution in [1.29, 1.82) is 0 Å². The Kier molecular flexibility index (Phi) is 4.36. The monoisotopic (exact) mass is 278 g/mol. The van der Waals surface area contributed by atoms with E-state index in [-0.39, 0.29) is 12.5 Å². The predicted molar refractivity (Wildman–Crippen MR) is 72.3 cm³/mol. The Morgan fingerprint density at radius 3 is 2.25 bits per heavy atom. The molecular formula is C14H18N2O4. The molecule has 6 nitrogen and oxygen atoms in total. The van der Waals surface area contributed by atoms with Crippen LogP contribution >= 0.6 is 0 Å². The first-order valence-electron chi connectivity index (χ1n) is 6.47. The summed E-state index contributed by atoms with van der Waals surface area (Å²) >= 11 is 0. The molecule has 0 unspecified atom stereocenters. The number of hydrogen-bond donors (Lipinski definition) is 3. The first-order chi connectivity index (χ1) is 9.56. The zero-order valence-corrected chi connectivity index (χ0v) is 11.1. The molecule has 1 aromatic carbocycles. The smallest absolute Gasteiger partial charge is 0.251 e. The van der Waals surface area contributed by atoms with E-state index in [1.807, 2.05) is 0 Å². The summed E-state index contributed by atoms with van der Waals surface area (Å²) < 4.78 is 5.24. The number of primary amides is 1. The Morgan fingerprint density at radius 2 is 1.75 bits per heavy atom. The Bertz CT molecular complexity index is 492. The maximum atomic E-state index is 12.2. The third-order valence-electron chi connectivity index (χ3n) is 3.56. The van der Waals surface area contributed by atoms with Gasteiger partial charge in [-0.2, -0.15) is 0 Å². The molecule has 1 saturated heterocycles. The van der Waals surface area contributed by atoms with Crippen LogP contribution in [0.3, 0.4) is 0 Å². The molecule has 20 heavy (non-hydrogen) atoms. The highest BCUT2D eigenvalue weighted by Crippen LogP contribution is 2.20. The van der Waals surface area contributed by atoms with E-state index < -0.39 is 11.4 Å². The highest BCUT2D eigenvalue weighted by Gasteiger charge is 2.33. The zero-order chi connectivity index (χ0) is 14.6. The van der Waals surface area contributed by atoms with Gasteiger partial charge in [-0.15, -0.1) is 0 Å². The zero-order valence-electron chi connectivity index (χ0n) is 11.1. The number of aliphatic hydroxyl groups excluding tert-OH is 1. The molecule has 2 amide bonds. The molecule has 1 aliphatic rings. The van der Waals surface area contributed by atoms with Crippen LogP contribution < -0.4 is 11.1 Å². The molecule has 1 aliphatic heterocycles. The second kappa shape index (κ2) is 6.02. The van der Waals surface area contributed by atoms with Crippen LogP contribution in [-0.4, -0.2) is 42.3 Å². The maximum absolute atomic E-state index is 12.2. The molecule has 0 spiro atoms. The van der Waals surface area contributed by atoms with Gasteiger partial charge in [-0.05, 0) is 37.1 Å². The largest absolute Gasteiger partial charge is 0.394 e. The lowest BCUT2D eigenvalue weighted by molar-refractivity contribution is 0.0125. The van der Waals surface area contributed by atoms with Crippen molar-refractivity contribution in [3.63, 3.8) is 0 Å². The van der Waals surface area contributed by atoms with E-state index in [0.717, 1.165) is 0 Å². The average Bonchev–Trinajstić information content (AvgIpc) is 2.48. The van der Waals surface area contributed by atoms with Crippen LogP contribution in [0.2, 0.25) is 0 Å². The fourth-order valence-corrected chi connectivity index (χ4v) is 2.18. The van der Waals surface area contributed by atoms with Crippen LogP contribution in [0.4, 0.5) is 0 Å². The van der Waals surface area contributed by atoms with Gasteiger partial charge in [0, 0.05) is 24.3 Å². The second-order valence-electron chi connectivity index (χ2n) is 4.95. The number of rotatable bonds is 4. The Hall–Kier alpha value is -1.92. The van der Waals surface area contributed by atoms with Crippen molar-refractivity contribution in [2.24, 2.45) is 5.73 Å². The maximum Gasteiger partial charge on any atom is 0.251 e. The van der Waals surface area contributed by atoms with E-state index in [1.165, 1.54) is 12.1 Å². The van der Waals surface area contributed by atoms with Crippen LogP contribution in [0.25, 0.3) is 0 Å². The molecule has 1 heterocycles. The van der Waals surface area contributed by atoms with Gasteiger partial charge in [-0.25, -0.2) is 0 Å². The number of benzene rings is 1. The molecule has 108 valence electrons. The van der Waals surface area contributed by atoms with E-state index in [9.17, 15) is 14.7 Å². The standard InChI is InChI=1S/C14H18N2O4/c15-12(18)10-1-3-11(4-2-10)13(19)16-14(9-17)5-7-20-8-6-14/h1-4,17H,5-9H2,(H2,15,18)(H,16,19). The predicted octanol–water partition coefficient (Wildman–Crippen LogP) is 0.0568. The Balaban J connectivity index is 2.08. The normalized spacial score (nSPS) is 17.4. The number of nitrogens with one attached hydrogen (secondary N) is 1. The van der Waals surface area contributed by atoms with Gasteiger partial charge in [-0.1, -0.05) is 0 Å². The summed E-state index contributed by atoms with van der Waals surface area (Å²) in [6.45, 7) is 0.907. The van der Waals surface area contributed by atoms with Gasteiger partial charge in [0.15, 0.2) is 0 Å². The molecule has 2 rings (SSSR count). The Morgan fingerprint density at radius 1 is 1.20 bits per heavy atom. The van der Waals surface area contributed by atoms with Gasteiger partial charge in [-0.3, -0.25) is 9.59 Å². The van der Waals surface area contributed by atoms with Gasteiger partial charge >= 0.3 is 0 Å². The van der Waals surface area contributed by atoms with Gasteiger partial charge in [0.2, 0.25) is 5.91 Å². The Labute approximate surface area is 116 Å². The molecular weight excluding hydrogens is 260 g/mol. The second-order valence-corrected chi connectivity index (χ2v) is 4.95. The average molecular weight is 278 g/mol. The van der Waals surface area contributed by atoms with Crippen LogP contribution in [0, 0.1) is 0 Å². The van der Waals surface area contributed by atoms with Gasteiger partial charge < -0.3 is 20.9 Å². The molecule has 0 aromatic heterocycles. The number of carbonyl (C=O) groups is 2. The minimum atomic E-state index is -0.627. The quantitative estimate of drug-likeness (QED) is 0.724. The first-order valence-corrected chi connectivity index (χ1v) is 6.47. The molecule has 1 fully saturated rings. The summed E-state index contributed by atoms with van der Waals surface area (Å²) in [6, 6.07) is 6.10. The number of ether oxygens (including phenoxy) is 1. The summed E-state index contributed by atoms with van der Waals surface area (Å²) in [5.74, 6) is -0.815. The fourth-order valence-electron chi connectivity index (χ4n) is 2.18. The molecule has 4 N–H and O–H groups in total. The van der Waals surface area contributed by atoms with E-state index in [2.05, 4.69) is 5.32 Å². The minimum Gasteiger partial charge on any atom is -0.394 e. The fraction of sp³-hybridized carbons (Fsp3) is 0.429. The van der Waals surface area contributed by atoms with Crippen molar-refractivity contribution in [2.45, 2.75) is 18.4 Å². The highest BCUT2D eigenvalue weighted by atomic mass is 16.5. The van der Waals surface area contributed by atoms with Crippen LogP contribution in [0.5, 0.6) is 0 Å². The van der Waals surface area contributed by atoms with Crippen molar-refractivity contribution in [3.05, 3.63) is 35.4 Å².